The molecule has 0 bridgehead atoms. The van der Waals surface area contributed by atoms with Crippen molar-refractivity contribution in [3.05, 3.63) is 60.2 Å². The van der Waals surface area contributed by atoms with E-state index in [1.165, 1.54) is 28.5 Å². The van der Waals surface area contributed by atoms with Gasteiger partial charge < -0.3 is 0 Å². The molecule has 0 spiro atoms. The molecule has 24 heavy (non-hydrogen) atoms. The Morgan fingerprint density at radius 2 is 1.29 bits per heavy atom. The van der Waals surface area contributed by atoms with E-state index in [1.807, 2.05) is 30.0 Å². The zero-order valence-corrected chi connectivity index (χ0v) is 16.7. The Labute approximate surface area is 156 Å². The summed E-state index contributed by atoms with van der Waals surface area (Å²) in [7, 11) is 0. The highest BCUT2D eigenvalue weighted by Crippen LogP contribution is 2.31. The van der Waals surface area contributed by atoms with Crippen molar-refractivity contribution >= 4 is 35.3 Å². The first-order valence-corrected chi connectivity index (χ1v) is 11.0. The molecule has 134 valence electrons. The molecule has 2 aromatic carbocycles. The first-order valence-electron chi connectivity index (χ1n) is 7.18. The number of hydrogen-bond acceptors (Lipinski definition) is 3. The third kappa shape index (κ3) is 10.9. The van der Waals surface area contributed by atoms with E-state index in [9.17, 15) is 13.2 Å². The summed E-state index contributed by atoms with van der Waals surface area (Å²) in [4.78, 5) is 1.96. The first-order chi connectivity index (χ1) is 11.4. The minimum absolute atomic E-state index is 0.589. The third-order valence-electron chi connectivity index (χ3n) is 2.66. The molecule has 0 saturated carbocycles. The van der Waals surface area contributed by atoms with Gasteiger partial charge in [-0.15, -0.1) is 23.5 Å². The lowest BCUT2D eigenvalue weighted by Crippen LogP contribution is -2.04. The second-order valence-corrected chi connectivity index (χ2v) is 7.24. The van der Waals surface area contributed by atoms with Crippen LogP contribution in [0.2, 0.25) is 0 Å². The van der Waals surface area contributed by atoms with Crippen molar-refractivity contribution in [3.63, 3.8) is 0 Å². The van der Waals surface area contributed by atoms with Gasteiger partial charge in [-0.3, -0.25) is 0 Å². The van der Waals surface area contributed by atoms with Gasteiger partial charge in [-0.05, 0) is 54.9 Å². The number of alkyl halides is 3. The third-order valence-corrected chi connectivity index (χ3v) is 4.71. The van der Waals surface area contributed by atoms with E-state index in [2.05, 4.69) is 31.6 Å². The van der Waals surface area contributed by atoms with Gasteiger partial charge in [0.1, 0.15) is 0 Å². The van der Waals surface area contributed by atoms with Crippen LogP contribution in [-0.4, -0.2) is 24.5 Å². The summed E-state index contributed by atoms with van der Waals surface area (Å²) < 4.78 is 36.3. The van der Waals surface area contributed by atoms with Gasteiger partial charge in [0.15, 0.2) is 0 Å². The van der Waals surface area contributed by atoms with Crippen molar-refractivity contribution in [1.82, 2.24) is 0 Å². The molecule has 0 aliphatic carbocycles. The summed E-state index contributed by atoms with van der Waals surface area (Å²) in [5.74, 6) is 1.24. The summed E-state index contributed by atoms with van der Waals surface area (Å²) in [5, 5.41) is 0. The fourth-order valence-electron chi connectivity index (χ4n) is 1.36. The highest BCUT2D eigenvalue weighted by molar-refractivity contribution is 7.99. The standard InChI is InChI=1S/C8H7F3S.C7H8S.C3H8S/c1-12-7-4-2-3-6(5-7)8(9,10)11;1-8-7-5-3-2-4-6-7;1-3-4-2/h2-5H,1H3;2-6H,1H3;3H2,1-2H3. The van der Waals surface area contributed by atoms with E-state index in [-0.39, 0.29) is 0 Å². The Balaban J connectivity index is 0.000000379. The Morgan fingerprint density at radius 3 is 1.67 bits per heavy atom. The first kappa shape index (κ1) is 23.3. The minimum Gasteiger partial charge on any atom is -0.166 e. The lowest BCUT2D eigenvalue weighted by atomic mass is 10.2. The molecule has 0 aromatic heterocycles. The van der Waals surface area contributed by atoms with Crippen molar-refractivity contribution in [1.29, 1.82) is 0 Å². The van der Waals surface area contributed by atoms with Crippen LogP contribution in [0.3, 0.4) is 0 Å². The van der Waals surface area contributed by atoms with Crippen molar-refractivity contribution in [3.8, 4) is 0 Å². The maximum atomic E-state index is 12.1. The fraction of sp³-hybridized carbons (Fsp3) is 0.333. The van der Waals surface area contributed by atoms with Gasteiger partial charge in [-0.2, -0.15) is 24.9 Å². The molecule has 0 radical (unpaired) electrons. The number of hydrogen-bond donors (Lipinski definition) is 0. The zero-order chi connectivity index (χ0) is 18.4. The molecule has 0 aliphatic heterocycles. The van der Waals surface area contributed by atoms with E-state index in [0.717, 1.165) is 12.1 Å². The van der Waals surface area contributed by atoms with Crippen molar-refractivity contribution in [2.24, 2.45) is 0 Å². The summed E-state index contributed by atoms with van der Waals surface area (Å²) in [5.41, 5.74) is -0.589. The van der Waals surface area contributed by atoms with E-state index in [0.29, 0.717) is 4.90 Å². The van der Waals surface area contributed by atoms with Gasteiger partial charge in [0.2, 0.25) is 0 Å². The number of halogens is 3. The van der Waals surface area contributed by atoms with Gasteiger partial charge in [0, 0.05) is 9.79 Å². The van der Waals surface area contributed by atoms with Crippen LogP contribution in [0.25, 0.3) is 0 Å². The van der Waals surface area contributed by atoms with Crippen LogP contribution in [0.5, 0.6) is 0 Å². The average Bonchev–Trinajstić information content (AvgIpc) is 2.62. The predicted octanol–water partition coefficient (Wildman–Crippen LogP) is 7.21. The Kier molecular flexibility index (Phi) is 13.2. The second-order valence-electron chi connectivity index (χ2n) is 4.32. The van der Waals surface area contributed by atoms with Gasteiger partial charge in [0.25, 0.3) is 0 Å². The van der Waals surface area contributed by atoms with Crippen LogP contribution in [-0.2, 0) is 6.18 Å². The largest absolute Gasteiger partial charge is 0.416 e. The molecule has 0 fully saturated rings. The lowest BCUT2D eigenvalue weighted by Gasteiger charge is -2.06. The Bertz CT molecular complexity index is 541. The smallest absolute Gasteiger partial charge is 0.166 e. The highest BCUT2D eigenvalue weighted by atomic mass is 32.2. The molecular weight excluding hydrogens is 369 g/mol. The van der Waals surface area contributed by atoms with Gasteiger partial charge in [0.05, 0.1) is 5.56 Å². The van der Waals surface area contributed by atoms with E-state index >= 15 is 0 Å². The summed E-state index contributed by atoms with van der Waals surface area (Å²) >= 11 is 4.92. The number of thioether (sulfide) groups is 3. The van der Waals surface area contributed by atoms with Crippen LogP contribution in [0.1, 0.15) is 12.5 Å². The monoisotopic (exact) mass is 392 g/mol. The minimum atomic E-state index is -4.23. The second kappa shape index (κ2) is 13.6. The molecule has 0 heterocycles. The Morgan fingerprint density at radius 1 is 0.792 bits per heavy atom. The summed E-state index contributed by atoms with van der Waals surface area (Å²) in [6.45, 7) is 2.14. The maximum Gasteiger partial charge on any atom is 0.416 e. The molecule has 0 saturated heterocycles. The molecule has 2 rings (SSSR count). The fourth-order valence-corrected chi connectivity index (χ4v) is 2.24. The summed E-state index contributed by atoms with van der Waals surface area (Å²) in [6.07, 6.45) is 1.69. The van der Waals surface area contributed by atoms with Crippen molar-refractivity contribution in [2.75, 3.05) is 24.5 Å². The highest BCUT2D eigenvalue weighted by Gasteiger charge is 2.30. The van der Waals surface area contributed by atoms with Crippen molar-refractivity contribution in [2.45, 2.75) is 22.9 Å². The number of rotatable bonds is 3. The zero-order valence-electron chi connectivity index (χ0n) is 14.3. The molecule has 0 N–H and O–H groups in total. The van der Waals surface area contributed by atoms with Crippen LogP contribution in [0.15, 0.2) is 64.4 Å². The predicted molar refractivity (Wildman–Crippen MR) is 106 cm³/mol. The van der Waals surface area contributed by atoms with Crippen LogP contribution >= 0.6 is 35.3 Å². The van der Waals surface area contributed by atoms with E-state index in [1.54, 1.807) is 24.1 Å². The number of benzene rings is 2. The Hall–Kier alpha value is -0.720. The molecule has 0 unspecified atom stereocenters. The molecule has 0 amide bonds. The molecular formula is C18H23F3S3. The molecule has 2 aromatic rings. The SMILES string of the molecule is CCSC.CSc1cccc(C(F)(F)F)c1.CSc1ccccc1. The maximum absolute atomic E-state index is 12.1. The molecule has 0 nitrogen and oxygen atoms in total. The van der Waals surface area contributed by atoms with E-state index < -0.39 is 11.7 Å². The lowest BCUT2D eigenvalue weighted by molar-refractivity contribution is -0.137. The average molecular weight is 393 g/mol. The van der Waals surface area contributed by atoms with Crippen molar-refractivity contribution < 1.29 is 13.2 Å². The van der Waals surface area contributed by atoms with Crippen LogP contribution < -0.4 is 0 Å². The van der Waals surface area contributed by atoms with E-state index in [4.69, 9.17) is 0 Å². The van der Waals surface area contributed by atoms with Crippen LogP contribution in [0.4, 0.5) is 13.2 Å². The molecule has 6 heteroatoms. The van der Waals surface area contributed by atoms with Gasteiger partial charge in [-0.25, -0.2) is 0 Å². The van der Waals surface area contributed by atoms with Gasteiger partial charge in [-0.1, -0.05) is 31.2 Å². The normalized spacial score (nSPS) is 10.1. The topological polar surface area (TPSA) is 0 Å². The molecule has 0 atom stereocenters. The van der Waals surface area contributed by atoms with Gasteiger partial charge >= 0.3 is 6.18 Å². The van der Waals surface area contributed by atoms with Crippen LogP contribution in [0, 0.1) is 0 Å². The molecule has 0 aliphatic rings. The quantitative estimate of drug-likeness (QED) is 0.507. The summed E-state index contributed by atoms with van der Waals surface area (Å²) in [6, 6.07) is 15.6.